The molecule has 0 saturated heterocycles. The van der Waals surface area contributed by atoms with Crippen LogP contribution in [0, 0.1) is 0 Å². The average molecular weight is 491 g/mol. The van der Waals surface area contributed by atoms with E-state index in [1.54, 1.807) is 23.8 Å². The molecule has 0 aliphatic carbocycles. The number of hydrogen-bond donors (Lipinski definition) is 1. The van der Waals surface area contributed by atoms with Gasteiger partial charge in [0.1, 0.15) is 11.8 Å². The van der Waals surface area contributed by atoms with E-state index in [9.17, 15) is 9.59 Å². The Balaban J connectivity index is 1.79. The zero-order valence-corrected chi connectivity index (χ0v) is 21.5. The van der Waals surface area contributed by atoms with E-state index in [0.29, 0.717) is 24.5 Å². The van der Waals surface area contributed by atoms with Gasteiger partial charge in [0.05, 0.1) is 12.9 Å². The van der Waals surface area contributed by atoms with Gasteiger partial charge in [0.2, 0.25) is 11.8 Å². The normalized spacial score (nSPS) is 11.7. The van der Waals surface area contributed by atoms with Gasteiger partial charge in [-0.15, -0.1) is 11.8 Å². The van der Waals surface area contributed by atoms with Gasteiger partial charge in [0.15, 0.2) is 0 Å². The van der Waals surface area contributed by atoms with Crippen LogP contribution >= 0.6 is 11.8 Å². The molecule has 184 valence electrons. The molecule has 3 aromatic carbocycles. The number of hydrogen-bond acceptors (Lipinski definition) is 4. The van der Waals surface area contributed by atoms with Crippen molar-refractivity contribution in [2.24, 2.45) is 0 Å². The predicted molar refractivity (Wildman–Crippen MR) is 143 cm³/mol. The minimum atomic E-state index is -0.603. The second-order valence-corrected chi connectivity index (χ2v) is 9.70. The van der Waals surface area contributed by atoms with Gasteiger partial charge >= 0.3 is 0 Å². The molecule has 0 aliphatic rings. The molecule has 6 heteroatoms. The van der Waals surface area contributed by atoms with Crippen LogP contribution in [0.3, 0.4) is 0 Å². The van der Waals surface area contributed by atoms with Crippen molar-refractivity contribution >= 4 is 23.6 Å². The largest absolute Gasteiger partial charge is 0.497 e. The third-order valence-electron chi connectivity index (χ3n) is 5.55. The van der Waals surface area contributed by atoms with Gasteiger partial charge in [0, 0.05) is 24.8 Å². The quantitative estimate of drug-likeness (QED) is 0.384. The van der Waals surface area contributed by atoms with Crippen LogP contribution in [-0.4, -0.2) is 41.7 Å². The lowest BCUT2D eigenvalue weighted by molar-refractivity contribution is -0.139. The Bertz CT molecular complexity index is 1060. The summed E-state index contributed by atoms with van der Waals surface area (Å²) >= 11 is 1.55. The van der Waals surface area contributed by atoms with Gasteiger partial charge < -0.3 is 15.0 Å². The van der Waals surface area contributed by atoms with Gasteiger partial charge in [-0.25, -0.2) is 0 Å². The van der Waals surface area contributed by atoms with Crippen LogP contribution in [0.1, 0.15) is 30.5 Å². The number of methoxy groups -OCH3 is 1. The first-order valence-corrected chi connectivity index (χ1v) is 13.0. The van der Waals surface area contributed by atoms with E-state index in [-0.39, 0.29) is 17.9 Å². The molecular weight excluding hydrogens is 456 g/mol. The zero-order valence-electron chi connectivity index (χ0n) is 20.6. The van der Waals surface area contributed by atoms with Crippen LogP contribution < -0.4 is 10.1 Å². The number of rotatable bonds is 12. The second-order valence-electron chi connectivity index (χ2n) is 8.72. The standard InChI is InChI=1S/C29H34N2O3S/c1-22(2)30-29(33)27(18-23-10-6-4-7-11-23)31(19-24-12-8-5-9-13-24)28(32)21-35-20-25-14-16-26(34-3)17-15-25/h4-17,22,27H,18-21H2,1-3H3,(H,30,33)/t27-/m1/s1. The molecule has 0 aliphatic heterocycles. The van der Waals surface area contributed by atoms with Gasteiger partial charge in [-0.05, 0) is 42.7 Å². The van der Waals surface area contributed by atoms with E-state index in [2.05, 4.69) is 5.32 Å². The highest BCUT2D eigenvalue weighted by Gasteiger charge is 2.30. The summed E-state index contributed by atoms with van der Waals surface area (Å²) in [6.07, 6.45) is 0.459. The van der Waals surface area contributed by atoms with E-state index in [1.807, 2.05) is 98.8 Å². The van der Waals surface area contributed by atoms with Gasteiger partial charge in [0.25, 0.3) is 0 Å². The Hall–Kier alpha value is -3.25. The van der Waals surface area contributed by atoms with Crippen molar-refractivity contribution in [1.82, 2.24) is 10.2 Å². The summed E-state index contributed by atoms with van der Waals surface area (Å²) in [6.45, 7) is 4.25. The minimum absolute atomic E-state index is 0.0149. The maximum Gasteiger partial charge on any atom is 0.243 e. The van der Waals surface area contributed by atoms with E-state index in [1.165, 1.54) is 0 Å². The first-order chi connectivity index (χ1) is 17.0. The molecule has 3 rings (SSSR count). The minimum Gasteiger partial charge on any atom is -0.497 e. The van der Waals surface area contributed by atoms with Gasteiger partial charge in [-0.1, -0.05) is 72.8 Å². The monoisotopic (exact) mass is 490 g/mol. The van der Waals surface area contributed by atoms with E-state index in [4.69, 9.17) is 4.74 Å². The molecule has 1 N–H and O–H groups in total. The molecule has 0 spiro atoms. The Morgan fingerprint density at radius 3 is 2.03 bits per heavy atom. The summed E-state index contributed by atoms with van der Waals surface area (Å²) < 4.78 is 5.22. The smallest absolute Gasteiger partial charge is 0.243 e. The first-order valence-electron chi connectivity index (χ1n) is 11.8. The highest BCUT2D eigenvalue weighted by molar-refractivity contribution is 7.99. The Morgan fingerprint density at radius 1 is 0.857 bits per heavy atom. The molecule has 0 aromatic heterocycles. The number of carbonyl (C=O) groups excluding carboxylic acids is 2. The van der Waals surface area contributed by atoms with Crippen LogP contribution in [0.2, 0.25) is 0 Å². The van der Waals surface area contributed by atoms with Crippen molar-refractivity contribution in [2.75, 3.05) is 12.9 Å². The molecule has 0 heterocycles. The van der Waals surface area contributed by atoms with Crippen molar-refractivity contribution in [2.45, 2.75) is 44.6 Å². The number of ether oxygens (including phenoxy) is 1. The molecule has 5 nitrogen and oxygen atoms in total. The molecule has 35 heavy (non-hydrogen) atoms. The molecule has 0 saturated carbocycles. The molecule has 0 bridgehead atoms. The van der Waals surface area contributed by atoms with E-state index in [0.717, 1.165) is 22.4 Å². The maximum absolute atomic E-state index is 13.6. The summed E-state index contributed by atoms with van der Waals surface area (Å²) in [6, 6.07) is 27.0. The Morgan fingerprint density at radius 2 is 1.46 bits per heavy atom. The highest BCUT2D eigenvalue weighted by atomic mass is 32.2. The topological polar surface area (TPSA) is 58.6 Å². The van der Waals surface area contributed by atoms with Gasteiger partial charge in [-0.3, -0.25) is 9.59 Å². The van der Waals surface area contributed by atoms with Crippen LogP contribution in [0.15, 0.2) is 84.9 Å². The van der Waals surface area contributed by atoms with E-state index >= 15 is 0 Å². The summed E-state index contributed by atoms with van der Waals surface area (Å²) in [5.41, 5.74) is 3.14. The molecule has 0 radical (unpaired) electrons. The lowest BCUT2D eigenvalue weighted by Crippen LogP contribution is -2.52. The molecule has 3 aromatic rings. The third kappa shape index (κ3) is 8.48. The molecule has 2 amide bonds. The number of thioether (sulfide) groups is 1. The predicted octanol–water partition coefficient (Wildman–Crippen LogP) is 5.09. The van der Waals surface area contributed by atoms with E-state index < -0.39 is 6.04 Å². The second kappa shape index (κ2) is 13.6. The van der Waals surface area contributed by atoms with Crippen LogP contribution in [0.5, 0.6) is 5.75 Å². The van der Waals surface area contributed by atoms with Crippen LogP contribution in [0.4, 0.5) is 0 Å². The Kier molecular flexibility index (Phi) is 10.2. The summed E-state index contributed by atoms with van der Waals surface area (Å²) in [7, 11) is 1.64. The number of amides is 2. The summed E-state index contributed by atoms with van der Waals surface area (Å²) in [4.78, 5) is 28.6. The number of nitrogens with zero attached hydrogens (tertiary/aromatic N) is 1. The molecule has 1 atom stereocenters. The Labute approximate surface area is 212 Å². The zero-order chi connectivity index (χ0) is 25.0. The number of carbonyl (C=O) groups is 2. The summed E-state index contributed by atoms with van der Waals surface area (Å²) in [5.74, 6) is 1.62. The maximum atomic E-state index is 13.6. The number of nitrogens with one attached hydrogen (secondary N) is 1. The van der Waals surface area contributed by atoms with Crippen molar-refractivity contribution in [1.29, 1.82) is 0 Å². The fourth-order valence-electron chi connectivity index (χ4n) is 3.78. The fourth-order valence-corrected chi connectivity index (χ4v) is 4.65. The highest BCUT2D eigenvalue weighted by Crippen LogP contribution is 2.20. The molecule has 0 fully saturated rings. The first kappa shape index (κ1) is 26.4. The van der Waals surface area contributed by atoms with Crippen LogP contribution in [-0.2, 0) is 28.3 Å². The van der Waals surface area contributed by atoms with Crippen molar-refractivity contribution in [3.63, 3.8) is 0 Å². The molecule has 0 unspecified atom stereocenters. The van der Waals surface area contributed by atoms with Gasteiger partial charge in [-0.2, -0.15) is 0 Å². The van der Waals surface area contributed by atoms with Crippen molar-refractivity contribution in [3.8, 4) is 5.75 Å². The summed E-state index contributed by atoms with van der Waals surface area (Å²) in [5, 5.41) is 3.03. The van der Waals surface area contributed by atoms with Crippen LogP contribution in [0.25, 0.3) is 0 Å². The lowest BCUT2D eigenvalue weighted by Gasteiger charge is -2.32. The molecular formula is C29H34N2O3S. The average Bonchev–Trinajstić information content (AvgIpc) is 2.87. The number of benzene rings is 3. The van der Waals surface area contributed by atoms with Crippen molar-refractivity contribution in [3.05, 3.63) is 102 Å². The SMILES string of the molecule is COc1ccc(CSCC(=O)N(Cc2ccccc2)[C@H](Cc2ccccc2)C(=O)NC(C)C)cc1. The lowest BCUT2D eigenvalue weighted by atomic mass is 10.0. The fraction of sp³-hybridized carbons (Fsp3) is 0.310. The third-order valence-corrected chi connectivity index (χ3v) is 6.54. The van der Waals surface area contributed by atoms with Crippen molar-refractivity contribution < 1.29 is 14.3 Å².